The van der Waals surface area contributed by atoms with Crippen molar-refractivity contribution in [3.05, 3.63) is 24.0 Å². The first-order chi connectivity index (χ1) is 7.33. The monoisotopic (exact) mass is 206 g/mol. The predicted octanol–water partition coefficient (Wildman–Crippen LogP) is 3.05. The van der Waals surface area contributed by atoms with Crippen molar-refractivity contribution in [3.8, 4) is 0 Å². The second-order valence-electron chi connectivity index (χ2n) is 4.55. The van der Waals surface area contributed by atoms with Crippen molar-refractivity contribution in [2.45, 2.75) is 45.7 Å². The van der Waals surface area contributed by atoms with Crippen LogP contribution in [0.4, 0.5) is 0 Å². The second kappa shape index (κ2) is 4.84. The fourth-order valence-electron chi connectivity index (χ4n) is 2.50. The summed E-state index contributed by atoms with van der Waals surface area (Å²) in [6, 6.07) is 5.03. The number of unbranched alkanes of at least 4 members (excludes halogenated alkanes) is 2. The van der Waals surface area contributed by atoms with Gasteiger partial charge in [-0.15, -0.1) is 0 Å². The third-order valence-corrected chi connectivity index (χ3v) is 3.52. The maximum atomic E-state index is 2.62. The fraction of sp³-hybridized carbons (Fsp3) is 0.692. The Balaban J connectivity index is 1.94. The van der Waals surface area contributed by atoms with E-state index in [1.807, 2.05) is 0 Å². The molecule has 2 heteroatoms. The van der Waals surface area contributed by atoms with E-state index in [1.54, 1.807) is 0 Å². The van der Waals surface area contributed by atoms with Crippen LogP contribution in [0.25, 0.3) is 0 Å². The zero-order valence-corrected chi connectivity index (χ0v) is 9.95. The van der Waals surface area contributed by atoms with Gasteiger partial charge in [-0.3, -0.25) is 4.90 Å². The molecule has 1 atom stereocenters. The van der Waals surface area contributed by atoms with Crippen molar-refractivity contribution in [3.63, 3.8) is 0 Å². The third-order valence-electron chi connectivity index (χ3n) is 3.52. The molecule has 84 valence electrons. The van der Waals surface area contributed by atoms with E-state index in [1.165, 1.54) is 44.6 Å². The molecule has 1 aromatic heterocycles. The minimum Gasteiger partial charge on any atom is -0.349 e. The highest BCUT2D eigenvalue weighted by Crippen LogP contribution is 2.25. The molecule has 0 fully saturated rings. The van der Waals surface area contributed by atoms with E-state index in [4.69, 9.17) is 0 Å². The van der Waals surface area contributed by atoms with Crippen molar-refractivity contribution < 1.29 is 0 Å². The molecule has 0 bridgehead atoms. The molecule has 0 saturated carbocycles. The molecule has 2 nitrogen and oxygen atoms in total. The van der Waals surface area contributed by atoms with Crippen LogP contribution < -0.4 is 0 Å². The van der Waals surface area contributed by atoms with Crippen LogP contribution in [-0.4, -0.2) is 22.6 Å². The molecule has 1 aromatic rings. The molecule has 0 amide bonds. The molecule has 1 aliphatic heterocycles. The Bertz CT molecular complexity index is 303. The Kier molecular flexibility index (Phi) is 3.47. The minimum atomic E-state index is 0.602. The van der Waals surface area contributed by atoms with Crippen LogP contribution in [0.1, 0.15) is 44.8 Å². The van der Waals surface area contributed by atoms with Gasteiger partial charge in [0.05, 0.1) is 0 Å². The van der Waals surface area contributed by atoms with Crippen molar-refractivity contribution >= 4 is 0 Å². The molecule has 0 N–H and O–H groups in total. The van der Waals surface area contributed by atoms with Gasteiger partial charge in [0.15, 0.2) is 0 Å². The summed E-state index contributed by atoms with van der Waals surface area (Å²) in [6.07, 6.45) is 6.24. The number of aromatic nitrogens is 1. The lowest BCUT2D eigenvalue weighted by molar-refractivity contribution is 0.166. The molecule has 1 unspecified atom stereocenters. The summed E-state index contributed by atoms with van der Waals surface area (Å²) in [5.74, 6) is 0. The van der Waals surface area contributed by atoms with Gasteiger partial charge in [0, 0.05) is 31.0 Å². The Morgan fingerprint density at radius 2 is 2.20 bits per heavy atom. The molecular formula is C13H22N2. The predicted molar refractivity (Wildman–Crippen MR) is 63.9 cm³/mol. The normalized spacial score (nSPS) is 21.6. The van der Waals surface area contributed by atoms with Gasteiger partial charge in [-0.05, 0) is 32.0 Å². The van der Waals surface area contributed by atoms with E-state index < -0.39 is 0 Å². The zero-order chi connectivity index (χ0) is 10.7. The van der Waals surface area contributed by atoms with Crippen LogP contribution in [0.5, 0.6) is 0 Å². The summed E-state index contributed by atoms with van der Waals surface area (Å²) in [5.41, 5.74) is 1.48. The van der Waals surface area contributed by atoms with Gasteiger partial charge < -0.3 is 4.57 Å². The highest BCUT2D eigenvalue weighted by Gasteiger charge is 2.22. The zero-order valence-electron chi connectivity index (χ0n) is 9.95. The quantitative estimate of drug-likeness (QED) is 0.687. The third kappa shape index (κ3) is 2.25. The molecule has 2 rings (SSSR count). The first-order valence-corrected chi connectivity index (χ1v) is 6.22. The molecule has 2 heterocycles. The number of hydrogen-bond donors (Lipinski definition) is 0. The van der Waals surface area contributed by atoms with Crippen LogP contribution in [0.3, 0.4) is 0 Å². The first kappa shape index (κ1) is 10.7. The van der Waals surface area contributed by atoms with E-state index in [-0.39, 0.29) is 0 Å². The maximum Gasteiger partial charge on any atom is 0.0472 e. The molecule has 0 aliphatic carbocycles. The Labute approximate surface area is 92.9 Å². The summed E-state index contributed by atoms with van der Waals surface area (Å²) in [4.78, 5) is 2.62. The van der Waals surface area contributed by atoms with Crippen molar-refractivity contribution in [2.75, 3.05) is 13.1 Å². The second-order valence-corrected chi connectivity index (χ2v) is 4.55. The molecule has 0 aromatic carbocycles. The summed E-state index contributed by atoms with van der Waals surface area (Å²) < 4.78 is 2.39. The first-order valence-electron chi connectivity index (χ1n) is 6.22. The SMILES string of the molecule is CCCCCN1CCn2cccc2C1C. The number of fused-ring (bicyclic) bond motifs is 1. The summed E-state index contributed by atoms with van der Waals surface area (Å²) in [6.45, 7) is 8.24. The van der Waals surface area contributed by atoms with Gasteiger partial charge in [-0.25, -0.2) is 0 Å². The van der Waals surface area contributed by atoms with Gasteiger partial charge in [-0.2, -0.15) is 0 Å². The van der Waals surface area contributed by atoms with Crippen molar-refractivity contribution in [2.24, 2.45) is 0 Å². The lowest BCUT2D eigenvalue weighted by atomic mass is 10.1. The summed E-state index contributed by atoms with van der Waals surface area (Å²) in [7, 11) is 0. The lowest BCUT2D eigenvalue weighted by Gasteiger charge is -2.34. The molecule has 0 radical (unpaired) electrons. The number of hydrogen-bond acceptors (Lipinski definition) is 1. The van der Waals surface area contributed by atoms with E-state index >= 15 is 0 Å². The largest absolute Gasteiger partial charge is 0.349 e. The van der Waals surface area contributed by atoms with Crippen LogP contribution in [0.15, 0.2) is 18.3 Å². The average molecular weight is 206 g/mol. The van der Waals surface area contributed by atoms with E-state index in [9.17, 15) is 0 Å². The molecule has 0 saturated heterocycles. The molecular weight excluding hydrogens is 184 g/mol. The summed E-state index contributed by atoms with van der Waals surface area (Å²) in [5, 5.41) is 0. The number of rotatable bonds is 4. The standard InChI is InChI=1S/C13H22N2/c1-3-4-5-8-14-10-11-15-9-6-7-13(15)12(14)2/h6-7,9,12H,3-5,8,10-11H2,1-2H3. The van der Waals surface area contributed by atoms with Gasteiger partial charge in [-0.1, -0.05) is 19.8 Å². The van der Waals surface area contributed by atoms with E-state index in [0.29, 0.717) is 6.04 Å². The van der Waals surface area contributed by atoms with Gasteiger partial charge in [0.2, 0.25) is 0 Å². The highest BCUT2D eigenvalue weighted by molar-refractivity contribution is 5.13. The minimum absolute atomic E-state index is 0.602. The van der Waals surface area contributed by atoms with Gasteiger partial charge >= 0.3 is 0 Å². The van der Waals surface area contributed by atoms with E-state index in [2.05, 4.69) is 41.6 Å². The Morgan fingerprint density at radius 1 is 1.33 bits per heavy atom. The maximum absolute atomic E-state index is 2.62. The topological polar surface area (TPSA) is 8.17 Å². The van der Waals surface area contributed by atoms with Crippen LogP contribution in [-0.2, 0) is 6.54 Å². The molecule has 15 heavy (non-hydrogen) atoms. The number of nitrogens with zero attached hydrogens (tertiary/aromatic N) is 2. The van der Waals surface area contributed by atoms with Crippen molar-refractivity contribution in [1.29, 1.82) is 0 Å². The smallest absolute Gasteiger partial charge is 0.0472 e. The Morgan fingerprint density at radius 3 is 3.00 bits per heavy atom. The Hall–Kier alpha value is -0.760. The molecule has 0 spiro atoms. The average Bonchev–Trinajstić information content (AvgIpc) is 2.70. The lowest BCUT2D eigenvalue weighted by Crippen LogP contribution is -2.36. The highest BCUT2D eigenvalue weighted by atomic mass is 15.2. The van der Waals surface area contributed by atoms with Gasteiger partial charge in [0.25, 0.3) is 0 Å². The van der Waals surface area contributed by atoms with E-state index in [0.717, 1.165) is 0 Å². The van der Waals surface area contributed by atoms with Crippen molar-refractivity contribution in [1.82, 2.24) is 9.47 Å². The summed E-state index contributed by atoms with van der Waals surface area (Å²) >= 11 is 0. The van der Waals surface area contributed by atoms with Crippen LogP contribution in [0.2, 0.25) is 0 Å². The molecule has 1 aliphatic rings. The van der Waals surface area contributed by atoms with Crippen LogP contribution in [0, 0.1) is 0 Å². The van der Waals surface area contributed by atoms with Gasteiger partial charge in [0.1, 0.15) is 0 Å². The van der Waals surface area contributed by atoms with Crippen LogP contribution >= 0.6 is 0 Å². The fourth-order valence-corrected chi connectivity index (χ4v) is 2.50.